The van der Waals surface area contributed by atoms with Crippen molar-refractivity contribution in [1.29, 1.82) is 0 Å². The highest BCUT2D eigenvalue weighted by Crippen LogP contribution is 2.27. The molecule has 3 aromatic rings. The van der Waals surface area contributed by atoms with E-state index in [-0.39, 0.29) is 17.8 Å². The van der Waals surface area contributed by atoms with Crippen molar-refractivity contribution in [1.82, 2.24) is 19.6 Å². The number of amides is 1. The van der Waals surface area contributed by atoms with Crippen LogP contribution in [0.2, 0.25) is 0 Å². The van der Waals surface area contributed by atoms with Crippen LogP contribution in [0.15, 0.2) is 54.6 Å². The van der Waals surface area contributed by atoms with Gasteiger partial charge in [-0.25, -0.2) is 0 Å². The molecule has 0 bridgehead atoms. The Labute approximate surface area is 206 Å². The summed E-state index contributed by atoms with van der Waals surface area (Å²) in [6.07, 6.45) is 3.71. The number of nitrogens with zero attached hydrogens (tertiary/aromatic N) is 4. The Balaban J connectivity index is 1.35. The number of likely N-dealkylation sites (tertiary alicyclic amines) is 1. The van der Waals surface area contributed by atoms with Crippen molar-refractivity contribution in [2.75, 3.05) is 19.6 Å². The maximum atomic E-state index is 13.5. The summed E-state index contributed by atoms with van der Waals surface area (Å²) in [7, 11) is 0. The quantitative estimate of drug-likeness (QED) is 0.549. The lowest BCUT2D eigenvalue weighted by atomic mass is 10.0. The number of carbonyl (C=O) groups excluding carboxylic acids is 1. The molecule has 0 radical (unpaired) electrons. The van der Waals surface area contributed by atoms with Crippen LogP contribution in [0.1, 0.15) is 52.1 Å². The molecule has 0 spiro atoms. The lowest BCUT2D eigenvalue weighted by Crippen LogP contribution is -2.41. The smallest absolute Gasteiger partial charge is 0.274 e. The van der Waals surface area contributed by atoms with Gasteiger partial charge in [0.05, 0.1) is 6.10 Å². The maximum Gasteiger partial charge on any atom is 0.274 e. The number of rotatable bonds is 7. The van der Waals surface area contributed by atoms with Crippen molar-refractivity contribution in [2.45, 2.75) is 57.8 Å². The van der Waals surface area contributed by atoms with E-state index in [4.69, 9.17) is 5.10 Å². The zero-order chi connectivity index (χ0) is 24.2. The van der Waals surface area contributed by atoms with E-state index in [0.29, 0.717) is 38.2 Å². The van der Waals surface area contributed by atoms with Crippen LogP contribution in [0.3, 0.4) is 0 Å². The molecule has 1 fully saturated rings. The number of fused-ring (bicyclic) bond motifs is 1. The number of aliphatic hydroxyl groups is 1. The number of phenolic OH excluding ortho intramolecular Hbond substituents is 1. The summed E-state index contributed by atoms with van der Waals surface area (Å²) in [4.78, 5) is 17.7. The summed E-state index contributed by atoms with van der Waals surface area (Å²) in [5.74, 6) is 0.253. The normalized spacial score (nSPS) is 16.9. The highest BCUT2D eigenvalue weighted by molar-refractivity contribution is 5.94. The first-order valence-corrected chi connectivity index (χ1v) is 12.7. The van der Waals surface area contributed by atoms with Crippen molar-refractivity contribution in [3.63, 3.8) is 0 Å². The van der Waals surface area contributed by atoms with Crippen LogP contribution in [0.4, 0.5) is 0 Å². The monoisotopic (exact) mass is 474 g/mol. The molecular formula is C28H34N4O3. The lowest BCUT2D eigenvalue weighted by Gasteiger charge is -2.30. The van der Waals surface area contributed by atoms with E-state index in [0.717, 1.165) is 50.0 Å². The van der Waals surface area contributed by atoms with Crippen LogP contribution >= 0.6 is 0 Å². The van der Waals surface area contributed by atoms with Gasteiger partial charge in [-0.3, -0.25) is 14.4 Å². The minimum Gasteiger partial charge on any atom is -0.508 e. The van der Waals surface area contributed by atoms with E-state index in [9.17, 15) is 15.0 Å². The number of hydrogen-bond acceptors (Lipinski definition) is 5. The molecule has 2 N–H and O–H groups in total. The molecular weight excluding hydrogens is 440 g/mol. The third-order valence-electron chi connectivity index (χ3n) is 7.16. The number of benzene rings is 2. The molecule has 5 rings (SSSR count). The molecule has 0 unspecified atom stereocenters. The van der Waals surface area contributed by atoms with E-state index in [1.807, 2.05) is 23.1 Å². The fraction of sp³-hybridized carbons (Fsp3) is 0.429. The Hall–Kier alpha value is -3.16. The van der Waals surface area contributed by atoms with Gasteiger partial charge in [0.15, 0.2) is 5.69 Å². The molecule has 1 amide bonds. The molecule has 2 aromatic carbocycles. The summed E-state index contributed by atoms with van der Waals surface area (Å²) in [5, 5.41) is 24.6. The number of aromatic hydroxyl groups is 1. The molecule has 1 aromatic heterocycles. The van der Waals surface area contributed by atoms with Gasteiger partial charge in [0.1, 0.15) is 5.75 Å². The first-order chi connectivity index (χ1) is 17.1. The summed E-state index contributed by atoms with van der Waals surface area (Å²) in [5.41, 5.74) is 5.14. The predicted molar refractivity (Wildman–Crippen MR) is 134 cm³/mol. The molecule has 2 aliphatic heterocycles. The van der Waals surface area contributed by atoms with Crippen LogP contribution in [0.5, 0.6) is 5.75 Å². The van der Waals surface area contributed by atoms with Crippen molar-refractivity contribution in [3.8, 4) is 5.75 Å². The molecule has 0 aliphatic carbocycles. The second-order valence-electron chi connectivity index (χ2n) is 9.74. The lowest BCUT2D eigenvalue weighted by molar-refractivity contribution is 0.0538. The Morgan fingerprint density at radius 1 is 1.00 bits per heavy atom. The predicted octanol–water partition coefficient (Wildman–Crippen LogP) is 3.38. The number of hydrogen-bond donors (Lipinski definition) is 2. The number of piperidine rings is 1. The molecule has 35 heavy (non-hydrogen) atoms. The van der Waals surface area contributed by atoms with Gasteiger partial charge in [0.2, 0.25) is 0 Å². The summed E-state index contributed by atoms with van der Waals surface area (Å²) >= 11 is 0. The molecule has 7 heteroatoms. The van der Waals surface area contributed by atoms with Crippen LogP contribution in [-0.2, 0) is 32.5 Å². The fourth-order valence-corrected chi connectivity index (χ4v) is 5.25. The van der Waals surface area contributed by atoms with Crippen LogP contribution in [0, 0.1) is 0 Å². The average molecular weight is 475 g/mol. The van der Waals surface area contributed by atoms with E-state index in [1.54, 1.807) is 12.1 Å². The van der Waals surface area contributed by atoms with Crippen molar-refractivity contribution < 1.29 is 15.0 Å². The van der Waals surface area contributed by atoms with E-state index in [1.165, 1.54) is 11.3 Å². The summed E-state index contributed by atoms with van der Waals surface area (Å²) < 4.78 is 2.07. The van der Waals surface area contributed by atoms with Gasteiger partial charge in [-0.05, 0) is 48.9 Å². The second kappa shape index (κ2) is 10.6. The van der Waals surface area contributed by atoms with Crippen molar-refractivity contribution in [3.05, 3.63) is 82.7 Å². The fourth-order valence-electron chi connectivity index (χ4n) is 5.25. The van der Waals surface area contributed by atoms with Gasteiger partial charge in [-0.2, -0.15) is 5.10 Å². The maximum absolute atomic E-state index is 13.5. The number of aryl methyl sites for hydroxylation is 2. The Kier molecular flexibility index (Phi) is 7.16. The SMILES string of the molecule is O=C(c1nn(CCCc2ccccc2)c2c1CN(Cc1cccc(O)c1)CC2)N1CCC(O)CC1. The zero-order valence-electron chi connectivity index (χ0n) is 20.1. The molecule has 0 saturated carbocycles. The van der Waals surface area contributed by atoms with Gasteiger partial charge >= 0.3 is 0 Å². The standard InChI is InChI=1S/C28H34N4O3/c33-23-11-16-31(17-12-23)28(35)27-25-20-30(19-22-8-4-10-24(34)18-22)15-13-26(25)32(29-27)14-5-9-21-6-2-1-3-7-21/h1-4,6-8,10,18,23,33-34H,5,9,11-17,19-20H2. The summed E-state index contributed by atoms with van der Waals surface area (Å²) in [6.45, 7) is 4.20. The van der Waals surface area contributed by atoms with E-state index in [2.05, 4.69) is 33.8 Å². The van der Waals surface area contributed by atoms with Crippen molar-refractivity contribution >= 4 is 5.91 Å². The molecule has 1 saturated heterocycles. The number of aliphatic hydroxyl groups excluding tert-OH is 1. The van der Waals surface area contributed by atoms with Gasteiger partial charge in [0, 0.05) is 56.9 Å². The molecule has 0 atom stereocenters. The molecule has 3 heterocycles. The highest BCUT2D eigenvalue weighted by Gasteiger charge is 2.31. The summed E-state index contributed by atoms with van der Waals surface area (Å²) in [6, 6.07) is 17.8. The zero-order valence-corrected chi connectivity index (χ0v) is 20.1. The van der Waals surface area contributed by atoms with E-state index >= 15 is 0 Å². The molecule has 7 nitrogen and oxygen atoms in total. The van der Waals surface area contributed by atoms with Gasteiger partial charge in [-0.1, -0.05) is 42.5 Å². The van der Waals surface area contributed by atoms with Gasteiger partial charge in [-0.15, -0.1) is 0 Å². The topological polar surface area (TPSA) is 81.8 Å². The number of carbonyl (C=O) groups is 1. The van der Waals surface area contributed by atoms with Gasteiger partial charge < -0.3 is 15.1 Å². The van der Waals surface area contributed by atoms with Crippen LogP contribution < -0.4 is 0 Å². The van der Waals surface area contributed by atoms with Crippen LogP contribution in [-0.4, -0.2) is 61.4 Å². The largest absolute Gasteiger partial charge is 0.508 e. The Bertz CT molecular complexity index is 1150. The van der Waals surface area contributed by atoms with Gasteiger partial charge in [0.25, 0.3) is 5.91 Å². The van der Waals surface area contributed by atoms with Crippen molar-refractivity contribution in [2.24, 2.45) is 0 Å². The minimum atomic E-state index is -0.318. The molecule has 2 aliphatic rings. The minimum absolute atomic E-state index is 0.0193. The number of phenols is 1. The molecule has 184 valence electrons. The highest BCUT2D eigenvalue weighted by atomic mass is 16.3. The third-order valence-corrected chi connectivity index (χ3v) is 7.16. The van der Waals surface area contributed by atoms with Crippen LogP contribution in [0.25, 0.3) is 0 Å². The third kappa shape index (κ3) is 5.57. The Morgan fingerprint density at radius 3 is 2.54 bits per heavy atom. The first kappa shape index (κ1) is 23.6. The second-order valence-corrected chi connectivity index (χ2v) is 9.74. The van der Waals surface area contributed by atoms with E-state index < -0.39 is 0 Å². The average Bonchev–Trinajstić information content (AvgIpc) is 3.22. The Morgan fingerprint density at radius 2 is 1.77 bits per heavy atom. The first-order valence-electron chi connectivity index (χ1n) is 12.7. The number of aromatic nitrogens is 2.